The second kappa shape index (κ2) is 6.92. The van der Waals surface area contributed by atoms with Crippen molar-refractivity contribution in [3.8, 4) is 11.8 Å². The van der Waals surface area contributed by atoms with Crippen LogP contribution in [0.15, 0.2) is 42.5 Å². The van der Waals surface area contributed by atoms with Gasteiger partial charge in [-0.15, -0.1) is 0 Å². The van der Waals surface area contributed by atoms with Crippen LogP contribution in [0.25, 0.3) is 0 Å². The third-order valence-electron chi connectivity index (χ3n) is 3.37. The molecule has 1 atom stereocenters. The SMILES string of the molecule is Cc1cc(C#N)ccc1COc1ccccc1CC(C)N. The molecule has 0 saturated heterocycles. The van der Waals surface area contributed by atoms with E-state index in [1.54, 1.807) is 0 Å². The number of hydrogen-bond acceptors (Lipinski definition) is 3. The van der Waals surface area contributed by atoms with E-state index in [-0.39, 0.29) is 6.04 Å². The molecule has 0 amide bonds. The summed E-state index contributed by atoms with van der Waals surface area (Å²) < 4.78 is 5.94. The predicted molar refractivity (Wildman–Crippen MR) is 84.0 cm³/mol. The molecule has 0 aliphatic heterocycles. The molecule has 0 aliphatic rings. The van der Waals surface area contributed by atoms with E-state index in [0.717, 1.165) is 28.9 Å². The summed E-state index contributed by atoms with van der Waals surface area (Å²) >= 11 is 0. The Balaban J connectivity index is 2.12. The lowest BCUT2D eigenvalue weighted by Crippen LogP contribution is -2.18. The van der Waals surface area contributed by atoms with Gasteiger partial charge in [0, 0.05) is 6.04 Å². The Hall–Kier alpha value is -2.31. The fourth-order valence-electron chi connectivity index (χ4n) is 2.24. The largest absolute Gasteiger partial charge is 0.489 e. The van der Waals surface area contributed by atoms with Crippen molar-refractivity contribution in [2.75, 3.05) is 0 Å². The van der Waals surface area contributed by atoms with Crippen LogP contribution in [0.1, 0.15) is 29.2 Å². The second-order valence-electron chi connectivity index (χ2n) is 5.33. The predicted octanol–water partition coefficient (Wildman–Crippen LogP) is 3.34. The number of nitriles is 1. The van der Waals surface area contributed by atoms with Crippen LogP contribution in [0.3, 0.4) is 0 Å². The van der Waals surface area contributed by atoms with Gasteiger partial charge in [-0.3, -0.25) is 0 Å². The molecule has 2 N–H and O–H groups in total. The van der Waals surface area contributed by atoms with Gasteiger partial charge in [0.2, 0.25) is 0 Å². The molecule has 108 valence electrons. The highest BCUT2D eigenvalue weighted by Gasteiger charge is 2.07. The zero-order valence-electron chi connectivity index (χ0n) is 12.5. The van der Waals surface area contributed by atoms with Gasteiger partial charge in [-0.2, -0.15) is 5.26 Å². The van der Waals surface area contributed by atoms with Gasteiger partial charge < -0.3 is 10.5 Å². The minimum absolute atomic E-state index is 0.103. The zero-order valence-corrected chi connectivity index (χ0v) is 12.5. The molecular formula is C18H20N2O. The molecule has 0 aliphatic carbocycles. The molecule has 2 aromatic carbocycles. The lowest BCUT2D eigenvalue weighted by atomic mass is 10.1. The summed E-state index contributed by atoms with van der Waals surface area (Å²) in [6.45, 7) is 4.47. The van der Waals surface area contributed by atoms with Gasteiger partial charge in [0.1, 0.15) is 12.4 Å². The lowest BCUT2D eigenvalue weighted by Gasteiger charge is -2.14. The fourth-order valence-corrected chi connectivity index (χ4v) is 2.24. The minimum Gasteiger partial charge on any atom is -0.489 e. The summed E-state index contributed by atoms with van der Waals surface area (Å²) in [6.07, 6.45) is 0.794. The Morgan fingerprint density at radius 2 is 1.95 bits per heavy atom. The first kappa shape index (κ1) is 15.1. The third kappa shape index (κ3) is 4.08. The average Bonchev–Trinajstić information content (AvgIpc) is 2.46. The normalized spacial score (nSPS) is 11.7. The van der Waals surface area contributed by atoms with Crippen LogP contribution in [-0.2, 0) is 13.0 Å². The van der Waals surface area contributed by atoms with Crippen molar-refractivity contribution in [3.05, 3.63) is 64.7 Å². The van der Waals surface area contributed by atoms with E-state index >= 15 is 0 Å². The first-order valence-corrected chi connectivity index (χ1v) is 7.06. The number of para-hydroxylation sites is 1. The molecule has 0 heterocycles. The van der Waals surface area contributed by atoms with Crippen molar-refractivity contribution in [2.24, 2.45) is 5.73 Å². The number of rotatable bonds is 5. The maximum Gasteiger partial charge on any atom is 0.123 e. The van der Waals surface area contributed by atoms with Gasteiger partial charge in [0.05, 0.1) is 11.6 Å². The van der Waals surface area contributed by atoms with E-state index in [0.29, 0.717) is 12.2 Å². The first-order valence-electron chi connectivity index (χ1n) is 7.06. The van der Waals surface area contributed by atoms with E-state index in [9.17, 15) is 0 Å². The smallest absolute Gasteiger partial charge is 0.123 e. The van der Waals surface area contributed by atoms with E-state index in [2.05, 4.69) is 6.07 Å². The number of aryl methyl sites for hydroxylation is 1. The van der Waals surface area contributed by atoms with Crippen LogP contribution < -0.4 is 10.5 Å². The second-order valence-corrected chi connectivity index (χ2v) is 5.33. The molecule has 3 heteroatoms. The van der Waals surface area contributed by atoms with Crippen LogP contribution in [0.5, 0.6) is 5.75 Å². The van der Waals surface area contributed by atoms with Gasteiger partial charge >= 0.3 is 0 Å². The number of ether oxygens (including phenoxy) is 1. The standard InChI is InChI=1S/C18H20N2O/c1-13-9-15(11-19)7-8-17(13)12-21-18-6-4-3-5-16(18)10-14(2)20/h3-9,14H,10,12,20H2,1-2H3. The summed E-state index contributed by atoms with van der Waals surface area (Å²) in [5.74, 6) is 0.874. The van der Waals surface area contributed by atoms with Crippen LogP contribution >= 0.6 is 0 Å². The van der Waals surface area contributed by atoms with Crippen LogP contribution in [0, 0.1) is 18.3 Å². The molecular weight excluding hydrogens is 260 g/mol. The highest BCUT2D eigenvalue weighted by molar-refractivity contribution is 5.38. The topological polar surface area (TPSA) is 59.0 Å². The fraction of sp³-hybridized carbons (Fsp3) is 0.278. The zero-order chi connectivity index (χ0) is 15.2. The summed E-state index contributed by atoms with van der Waals surface area (Å²) in [7, 11) is 0. The Morgan fingerprint density at radius 3 is 2.62 bits per heavy atom. The highest BCUT2D eigenvalue weighted by Crippen LogP contribution is 2.21. The Kier molecular flexibility index (Phi) is 4.97. The van der Waals surface area contributed by atoms with Gasteiger partial charge in [0.15, 0.2) is 0 Å². The molecule has 0 bridgehead atoms. The molecule has 2 rings (SSSR count). The third-order valence-corrected chi connectivity index (χ3v) is 3.37. The number of benzene rings is 2. The average molecular weight is 280 g/mol. The van der Waals surface area contributed by atoms with Crippen LogP contribution in [0.4, 0.5) is 0 Å². The number of nitrogens with two attached hydrogens (primary N) is 1. The molecule has 0 fully saturated rings. The van der Waals surface area contributed by atoms with Crippen molar-refractivity contribution >= 4 is 0 Å². The van der Waals surface area contributed by atoms with Gasteiger partial charge in [-0.05, 0) is 55.2 Å². The van der Waals surface area contributed by atoms with E-state index in [1.807, 2.05) is 56.3 Å². The van der Waals surface area contributed by atoms with Crippen molar-refractivity contribution in [1.82, 2.24) is 0 Å². The first-order chi connectivity index (χ1) is 10.1. The monoisotopic (exact) mass is 280 g/mol. The summed E-state index contributed by atoms with van der Waals surface area (Å²) in [6, 6.07) is 15.9. The summed E-state index contributed by atoms with van der Waals surface area (Å²) in [5, 5.41) is 8.89. The summed E-state index contributed by atoms with van der Waals surface area (Å²) in [4.78, 5) is 0. The van der Waals surface area contributed by atoms with Gasteiger partial charge in [-0.1, -0.05) is 24.3 Å². The quantitative estimate of drug-likeness (QED) is 0.913. The maximum atomic E-state index is 8.89. The van der Waals surface area contributed by atoms with E-state index < -0.39 is 0 Å². The maximum absolute atomic E-state index is 8.89. The van der Waals surface area contributed by atoms with Crippen molar-refractivity contribution in [2.45, 2.75) is 32.9 Å². The Morgan fingerprint density at radius 1 is 1.19 bits per heavy atom. The number of hydrogen-bond donors (Lipinski definition) is 1. The van der Waals surface area contributed by atoms with E-state index in [4.69, 9.17) is 15.7 Å². The molecule has 1 unspecified atom stereocenters. The Bertz CT molecular complexity index is 657. The molecule has 2 aromatic rings. The van der Waals surface area contributed by atoms with Crippen molar-refractivity contribution in [1.29, 1.82) is 5.26 Å². The minimum atomic E-state index is 0.103. The van der Waals surface area contributed by atoms with Gasteiger partial charge in [0.25, 0.3) is 0 Å². The number of nitrogens with zero attached hydrogens (tertiary/aromatic N) is 1. The molecule has 21 heavy (non-hydrogen) atoms. The molecule has 3 nitrogen and oxygen atoms in total. The Labute approximate surface area is 126 Å². The lowest BCUT2D eigenvalue weighted by molar-refractivity contribution is 0.301. The van der Waals surface area contributed by atoms with Gasteiger partial charge in [-0.25, -0.2) is 0 Å². The van der Waals surface area contributed by atoms with Crippen molar-refractivity contribution in [3.63, 3.8) is 0 Å². The van der Waals surface area contributed by atoms with Crippen molar-refractivity contribution < 1.29 is 4.74 Å². The summed E-state index contributed by atoms with van der Waals surface area (Å²) in [5.41, 5.74) is 9.82. The van der Waals surface area contributed by atoms with Crippen LogP contribution in [0.2, 0.25) is 0 Å². The van der Waals surface area contributed by atoms with Crippen LogP contribution in [-0.4, -0.2) is 6.04 Å². The highest BCUT2D eigenvalue weighted by atomic mass is 16.5. The van der Waals surface area contributed by atoms with E-state index in [1.165, 1.54) is 0 Å². The molecule has 0 spiro atoms. The molecule has 0 aromatic heterocycles. The molecule has 0 radical (unpaired) electrons. The molecule has 0 saturated carbocycles.